The third-order valence-electron chi connectivity index (χ3n) is 4.70. The second-order valence-corrected chi connectivity index (χ2v) is 7.66. The largest absolute Gasteiger partial charge is 0.382 e. The Morgan fingerprint density at radius 1 is 1.14 bits per heavy atom. The van der Waals surface area contributed by atoms with Gasteiger partial charge in [-0.2, -0.15) is 0 Å². The number of carbonyl (C=O) groups excluding carboxylic acids is 1. The van der Waals surface area contributed by atoms with Crippen molar-refractivity contribution >= 4 is 34.7 Å². The number of carbonyl (C=O) groups is 1. The third kappa shape index (κ3) is 5.95. The molecule has 0 saturated heterocycles. The molecule has 3 rings (SSSR count). The fourth-order valence-electron chi connectivity index (χ4n) is 3.19. The van der Waals surface area contributed by atoms with E-state index >= 15 is 0 Å². The normalized spacial score (nSPS) is 16.2. The number of aliphatic imine (C=N–C) groups is 1. The van der Waals surface area contributed by atoms with E-state index in [9.17, 15) is 4.79 Å². The van der Waals surface area contributed by atoms with Crippen molar-refractivity contribution in [2.75, 3.05) is 44.4 Å². The van der Waals surface area contributed by atoms with Crippen molar-refractivity contribution in [3.8, 4) is 0 Å². The lowest BCUT2D eigenvalue weighted by molar-refractivity contribution is 0.0828. The molecule has 0 saturated carbocycles. The molecule has 2 aromatic rings. The van der Waals surface area contributed by atoms with Crippen LogP contribution in [0.25, 0.3) is 0 Å². The Hall–Kier alpha value is -2.57. The minimum absolute atomic E-state index is 0.0432. The highest BCUT2D eigenvalue weighted by Crippen LogP contribution is 2.28. The van der Waals surface area contributed by atoms with Crippen LogP contribution in [0.3, 0.4) is 0 Å². The van der Waals surface area contributed by atoms with Gasteiger partial charge < -0.3 is 20.9 Å². The first-order chi connectivity index (χ1) is 14.0. The molecule has 0 radical (unpaired) electrons. The SMILES string of the molecule is CN(C)C(=O)c1cccc2c1NC(=NCc1cccc(Cl)c1)CCCNCCN2. The zero-order valence-corrected chi connectivity index (χ0v) is 17.7. The van der Waals surface area contributed by atoms with Gasteiger partial charge in [0.05, 0.1) is 23.5 Å². The summed E-state index contributed by atoms with van der Waals surface area (Å²) in [6, 6.07) is 13.5. The summed E-state index contributed by atoms with van der Waals surface area (Å²) >= 11 is 6.10. The van der Waals surface area contributed by atoms with Crippen molar-refractivity contribution in [3.63, 3.8) is 0 Å². The number of fused-ring (bicyclic) bond motifs is 1. The number of amides is 1. The van der Waals surface area contributed by atoms with Gasteiger partial charge in [-0.3, -0.25) is 9.79 Å². The van der Waals surface area contributed by atoms with E-state index in [2.05, 4.69) is 16.0 Å². The van der Waals surface area contributed by atoms with Gasteiger partial charge in [0.1, 0.15) is 5.84 Å². The summed E-state index contributed by atoms with van der Waals surface area (Å²) in [7, 11) is 3.52. The first kappa shape index (κ1) is 21.1. The monoisotopic (exact) mass is 413 g/mol. The summed E-state index contributed by atoms with van der Waals surface area (Å²) in [6.07, 6.45) is 1.75. The highest BCUT2D eigenvalue weighted by molar-refractivity contribution is 6.30. The average molecular weight is 414 g/mol. The molecule has 0 unspecified atom stereocenters. The van der Waals surface area contributed by atoms with Crippen molar-refractivity contribution in [2.24, 2.45) is 4.99 Å². The molecular weight excluding hydrogens is 386 g/mol. The van der Waals surface area contributed by atoms with Gasteiger partial charge in [0.25, 0.3) is 5.91 Å². The molecule has 6 nitrogen and oxygen atoms in total. The van der Waals surface area contributed by atoms with Crippen LogP contribution in [-0.4, -0.2) is 50.4 Å². The van der Waals surface area contributed by atoms with Crippen LogP contribution in [-0.2, 0) is 6.54 Å². The van der Waals surface area contributed by atoms with Crippen LogP contribution in [0.2, 0.25) is 5.02 Å². The molecule has 3 N–H and O–H groups in total. The zero-order chi connectivity index (χ0) is 20.6. The number of hydrogen-bond acceptors (Lipinski definition) is 4. The van der Waals surface area contributed by atoms with Crippen LogP contribution >= 0.6 is 11.6 Å². The molecule has 1 heterocycles. The standard InChI is InChI=1S/C22H28ClN5O/c1-28(2)22(29)18-8-4-9-19-21(18)27-20(10-5-11-24-12-13-25-19)26-15-16-6-3-7-17(23)14-16/h3-4,6-9,14,24-25H,5,10-13,15H2,1-2H3,(H,26,27). The summed E-state index contributed by atoms with van der Waals surface area (Å²) in [5, 5.41) is 11.0. The summed E-state index contributed by atoms with van der Waals surface area (Å²) < 4.78 is 0. The lowest BCUT2D eigenvalue weighted by Crippen LogP contribution is -2.25. The van der Waals surface area contributed by atoms with Crippen molar-refractivity contribution in [2.45, 2.75) is 19.4 Å². The molecule has 1 aliphatic heterocycles. The Morgan fingerprint density at radius 2 is 1.97 bits per heavy atom. The molecule has 0 bridgehead atoms. The van der Waals surface area contributed by atoms with Gasteiger partial charge in [-0.25, -0.2) is 0 Å². The number of nitrogens with one attached hydrogen (secondary N) is 3. The Kier molecular flexibility index (Phi) is 7.49. The van der Waals surface area contributed by atoms with Gasteiger partial charge >= 0.3 is 0 Å². The fraction of sp³-hybridized carbons (Fsp3) is 0.364. The summed E-state index contributed by atoms with van der Waals surface area (Å²) in [6.45, 7) is 3.09. The van der Waals surface area contributed by atoms with E-state index in [1.165, 1.54) is 0 Å². The highest BCUT2D eigenvalue weighted by Gasteiger charge is 2.18. The first-order valence-corrected chi connectivity index (χ1v) is 10.3. The summed E-state index contributed by atoms with van der Waals surface area (Å²) in [5.74, 6) is 0.814. The van der Waals surface area contributed by atoms with E-state index in [-0.39, 0.29) is 5.91 Å². The second-order valence-electron chi connectivity index (χ2n) is 7.23. The van der Waals surface area contributed by atoms with E-state index in [0.29, 0.717) is 17.1 Å². The smallest absolute Gasteiger partial charge is 0.255 e. The molecule has 0 aliphatic carbocycles. The Balaban J connectivity index is 1.94. The highest BCUT2D eigenvalue weighted by atomic mass is 35.5. The quantitative estimate of drug-likeness (QED) is 0.714. The number of halogens is 1. The molecule has 7 heteroatoms. The van der Waals surface area contributed by atoms with E-state index in [1.807, 2.05) is 42.5 Å². The summed E-state index contributed by atoms with van der Waals surface area (Å²) in [5.41, 5.74) is 3.35. The summed E-state index contributed by atoms with van der Waals surface area (Å²) in [4.78, 5) is 19.2. The maximum atomic E-state index is 12.8. The van der Waals surface area contributed by atoms with Gasteiger partial charge in [0.15, 0.2) is 0 Å². The van der Waals surface area contributed by atoms with Crippen LogP contribution in [0.5, 0.6) is 0 Å². The minimum atomic E-state index is -0.0432. The molecule has 0 fully saturated rings. The molecule has 0 aromatic heterocycles. The first-order valence-electron chi connectivity index (χ1n) is 9.88. The number of nitrogens with zero attached hydrogens (tertiary/aromatic N) is 2. The molecular formula is C22H28ClN5O. The van der Waals surface area contributed by atoms with Crippen molar-refractivity contribution in [1.82, 2.24) is 10.2 Å². The van der Waals surface area contributed by atoms with Crippen LogP contribution in [0.4, 0.5) is 11.4 Å². The van der Waals surface area contributed by atoms with Crippen LogP contribution in [0, 0.1) is 0 Å². The van der Waals surface area contributed by atoms with Gasteiger partial charge in [-0.1, -0.05) is 29.8 Å². The molecule has 154 valence electrons. The van der Waals surface area contributed by atoms with E-state index in [4.69, 9.17) is 16.6 Å². The van der Waals surface area contributed by atoms with E-state index in [1.54, 1.807) is 19.0 Å². The van der Waals surface area contributed by atoms with Crippen LogP contribution in [0.1, 0.15) is 28.8 Å². The topological polar surface area (TPSA) is 68.8 Å². The number of benzene rings is 2. The lowest BCUT2D eigenvalue weighted by atomic mass is 10.1. The number of amidine groups is 1. The molecule has 1 aliphatic rings. The number of rotatable bonds is 3. The van der Waals surface area contributed by atoms with Gasteiger partial charge in [-0.05, 0) is 42.8 Å². The molecule has 1 amide bonds. The molecule has 2 aromatic carbocycles. The Morgan fingerprint density at radius 3 is 2.76 bits per heavy atom. The predicted octanol–water partition coefficient (Wildman–Crippen LogP) is 3.85. The van der Waals surface area contributed by atoms with Crippen molar-refractivity contribution < 1.29 is 4.79 Å². The van der Waals surface area contributed by atoms with E-state index < -0.39 is 0 Å². The zero-order valence-electron chi connectivity index (χ0n) is 17.0. The second kappa shape index (κ2) is 10.3. The molecule has 0 atom stereocenters. The van der Waals surface area contributed by atoms with Crippen LogP contribution < -0.4 is 16.0 Å². The Labute approximate surface area is 177 Å². The van der Waals surface area contributed by atoms with Crippen molar-refractivity contribution in [3.05, 3.63) is 58.6 Å². The lowest BCUT2D eigenvalue weighted by Gasteiger charge is -2.20. The fourth-order valence-corrected chi connectivity index (χ4v) is 3.41. The van der Waals surface area contributed by atoms with Gasteiger partial charge in [-0.15, -0.1) is 0 Å². The maximum absolute atomic E-state index is 12.8. The van der Waals surface area contributed by atoms with Crippen molar-refractivity contribution in [1.29, 1.82) is 0 Å². The molecule has 0 spiro atoms. The minimum Gasteiger partial charge on any atom is -0.382 e. The number of anilines is 2. The maximum Gasteiger partial charge on any atom is 0.255 e. The predicted molar refractivity (Wildman–Crippen MR) is 121 cm³/mol. The van der Waals surface area contributed by atoms with E-state index in [0.717, 1.165) is 55.2 Å². The number of para-hydroxylation sites is 1. The third-order valence-corrected chi connectivity index (χ3v) is 4.93. The number of hydrogen-bond donors (Lipinski definition) is 3. The Bertz CT molecular complexity index is 881. The average Bonchev–Trinajstić information content (AvgIpc) is 2.75. The van der Waals surface area contributed by atoms with Gasteiger partial charge in [0, 0.05) is 38.6 Å². The van der Waals surface area contributed by atoms with Crippen LogP contribution in [0.15, 0.2) is 47.5 Å². The molecule has 29 heavy (non-hydrogen) atoms. The van der Waals surface area contributed by atoms with Gasteiger partial charge in [0.2, 0.25) is 0 Å².